The van der Waals surface area contributed by atoms with Crippen LogP contribution in [0.15, 0.2) is 42.5 Å². The molecule has 0 saturated carbocycles. The first-order valence-corrected chi connectivity index (χ1v) is 9.41. The van der Waals surface area contributed by atoms with Gasteiger partial charge in [-0.3, -0.25) is 9.69 Å². The fourth-order valence-corrected chi connectivity index (χ4v) is 3.20. The van der Waals surface area contributed by atoms with Gasteiger partial charge in [-0.2, -0.15) is 0 Å². The van der Waals surface area contributed by atoms with Crippen LogP contribution in [0, 0.1) is 13.8 Å². The van der Waals surface area contributed by atoms with Crippen molar-refractivity contribution in [1.29, 1.82) is 0 Å². The molecule has 2 aromatic carbocycles. The van der Waals surface area contributed by atoms with Gasteiger partial charge in [0, 0.05) is 12.1 Å². The van der Waals surface area contributed by atoms with Gasteiger partial charge in [0.25, 0.3) is 5.91 Å². The standard InChI is InChI=1S/C22H28N2O2/c1-17-5-10-21(15-18(17)2)26-14-11-23-22(25)20-8-6-19(7-9-20)16-24-12-3-4-13-24/h5-10,15H,3-4,11-14,16H2,1-2H3,(H,23,25). The van der Waals surface area contributed by atoms with Gasteiger partial charge in [0.05, 0.1) is 6.54 Å². The Balaban J connectivity index is 1.42. The first kappa shape index (κ1) is 18.5. The van der Waals surface area contributed by atoms with Crippen molar-refractivity contribution >= 4 is 5.91 Å². The summed E-state index contributed by atoms with van der Waals surface area (Å²) in [5, 5.41) is 2.91. The summed E-state index contributed by atoms with van der Waals surface area (Å²) in [6, 6.07) is 14.0. The molecule has 0 atom stereocenters. The van der Waals surface area contributed by atoms with Crippen LogP contribution in [-0.2, 0) is 6.54 Å². The van der Waals surface area contributed by atoms with Crippen LogP contribution in [0.25, 0.3) is 0 Å². The van der Waals surface area contributed by atoms with E-state index in [1.807, 2.05) is 30.3 Å². The van der Waals surface area contributed by atoms with Crippen LogP contribution in [0.5, 0.6) is 5.75 Å². The van der Waals surface area contributed by atoms with E-state index in [2.05, 4.69) is 36.2 Å². The number of hydrogen-bond acceptors (Lipinski definition) is 3. The summed E-state index contributed by atoms with van der Waals surface area (Å²) in [6.07, 6.45) is 2.59. The van der Waals surface area contributed by atoms with Crippen molar-refractivity contribution in [2.45, 2.75) is 33.2 Å². The number of hydrogen-bond donors (Lipinski definition) is 1. The lowest BCUT2D eigenvalue weighted by atomic mass is 10.1. The number of ether oxygens (including phenoxy) is 1. The molecule has 26 heavy (non-hydrogen) atoms. The summed E-state index contributed by atoms with van der Waals surface area (Å²) in [4.78, 5) is 14.7. The number of benzene rings is 2. The molecule has 3 rings (SSSR count). The Morgan fingerprint density at radius 3 is 2.46 bits per heavy atom. The molecule has 1 aliphatic heterocycles. The average molecular weight is 352 g/mol. The molecule has 138 valence electrons. The van der Waals surface area contributed by atoms with E-state index >= 15 is 0 Å². The van der Waals surface area contributed by atoms with Gasteiger partial charge in [-0.05, 0) is 80.7 Å². The van der Waals surface area contributed by atoms with Gasteiger partial charge in [-0.15, -0.1) is 0 Å². The normalized spacial score (nSPS) is 14.4. The van der Waals surface area contributed by atoms with E-state index in [4.69, 9.17) is 4.74 Å². The van der Waals surface area contributed by atoms with E-state index in [-0.39, 0.29) is 5.91 Å². The lowest BCUT2D eigenvalue weighted by Crippen LogP contribution is -2.28. The zero-order valence-corrected chi connectivity index (χ0v) is 15.8. The third kappa shape index (κ3) is 5.09. The fourth-order valence-electron chi connectivity index (χ4n) is 3.20. The third-order valence-corrected chi connectivity index (χ3v) is 4.96. The minimum Gasteiger partial charge on any atom is -0.492 e. The van der Waals surface area contributed by atoms with Crippen molar-refractivity contribution in [3.8, 4) is 5.75 Å². The zero-order valence-electron chi connectivity index (χ0n) is 15.8. The SMILES string of the molecule is Cc1ccc(OCCNC(=O)c2ccc(CN3CCCC3)cc2)cc1C. The summed E-state index contributed by atoms with van der Waals surface area (Å²) in [7, 11) is 0. The quantitative estimate of drug-likeness (QED) is 0.773. The van der Waals surface area contributed by atoms with Crippen molar-refractivity contribution in [3.63, 3.8) is 0 Å². The number of rotatable bonds is 7. The van der Waals surface area contributed by atoms with Crippen molar-refractivity contribution in [3.05, 3.63) is 64.7 Å². The first-order chi connectivity index (χ1) is 12.6. The molecule has 0 spiro atoms. The molecular formula is C22H28N2O2. The Kier molecular flexibility index (Phi) is 6.29. The number of nitrogens with one attached hydrogen (secondary N) is 1. The summed E-state index contributed by atoms with van der Waals surface area (Å²) in [5.74, 6) is 0.787. The predicted molar refractivity (Wildman–Crippen MR) is 105 cm³/mol. The number of carbonyl (C=O) groups is 1. The van der Waals surface area contributed by atoms with Gasteiger partial charge >= 0.3 is 0 Å². The Labute approximate surface area is 156 Å². The van der Waals surface area contributed by atoms with Crippen LogP contribution in [0.4, 0.5) is 0 Å². The highest BCUT2D eigenvalue weighted by atomic mass is 16.5. The van der Waals surface area contributed by atoms with Crippen LogP contribution in [0.2, 0.25) is 0 Å². The number of nitrogens with zero attached hydrogens (tertiary/aromatic N) is 1. The van der Waals surface area contributed by atoms with Crippen LogP contribution in [0.3, 0.4) is 0 Å². The molecule has 2 aromatic rings. The molecule has 0 unspecified atom stereocenters. The van der Waals surface area contributed by atoms with Crippen LogP contribution < -0.4 is 10.1 Å². The van der Waals surface area contributed by atoms with E-state index in [1.54, 1.807) is 0 Å². The Hall–Kier alpha value is -2.33. The minimum absolute atomic E-state index is 0.0543. The highest BCUT2D eigenvalue weighted by Crippen LogP contribution is 2.16. The van der Waals surface area contributed by atoms with Gasteiger partial charge in [0.1, 0.15) is 12.4 Å². The van der Waals surface area contributed by atoms with E-state index in [9.17, 15) is 4.79 Å². The Morgan fingerprint density at radius 2 is 1.77 bits per heavy atom. The monoisotopic (exact) mass is 352 g/mol. The summed E-state index contributed by atoms with van der Waals surface area (Å²) in [6.45, 7) is 8.44. The smallest absolute Gasteiger partial charge is 0.251 e. The summed E-state index contributed by atoms with van der Waals surface area (Å²) in [5.41, 5.74) is 4.42. The lowest BCUT2D eigenvalue weighted by molar-refractivity contribution is 0.0947. The van der Waals surface area contributed by atoms with Crippen molar-refractivity contribution < 1.29 is 9.53 Å². The number of aryl methyl sites for hydroxylation is 2. The van der Waals surface area contributed by atoms with Crippen LogP contribution in [-0.4, -0.2) is 37.0 Å². The molecule has 1 fully saturated rings. The molecule has 1 amide bonds. The molecule has 1 heterocycles. The first-order valence-electron chi connectivity index (χ1n) is 9.41. The molecular weight excluding hydrogens is 324 g/mol. The van der Waals surface area contributed by atoms with E-state index in [0.717, 1.165) is 12.3 Å². The maximum Gasteiger partial charge on any atom is 0.251 e. The number of likely N-dealkylation sites (tertiary alicyclic amines) is 1. The topological polar surface area (TPSA) is 41.6 Å². The number of carbonyl (C=O) groups excluding carboxylic acids is 1. The summed E-state index contributed by atoms with van der Waals surface area (Å²) >= 11 is 0. The fraction of sp³-hybridized carbons (Fsp3) is 0.409. The highest BCUT2D eigenvalue weighted by molar-refractivity contribution is 5.94. The molecule has 1 N–H and O–H groups in total. The maximum atomic E-state index is 12.2. The predicted octanol–water partition coefficient (Wildman–Crippen LogP) is 3.71. The van der Waals surface area contributed by atoms with Crippen molar-refractivity contribution in [2.75, 3.05) is 26.2 Å². The molecule has 0 bridgehead atoms. The van der Waals surface area contributed by atoms with E-state index in [0.29, 0.717) is 18.7 Å². The molecule has 4 nitrogen and oxygen atoms in total. The molecule has 0 aliphatic carbocycles. The van der Waals surface area contributed by atoms with Crippen molar-refractivity contribution in [2.24, 2.45) is 0 Å². The maximum absolute atomic E-state index is 12.2. The molecule has 1 saturated heterocycles. The summed E-state index contributed by atoms with van der Waals surface area (Å²) < 4.78 is 5.70. The lowest BCUT2D eigenvalue weighted by Gasteiger charge is -2.14. The third-order valence-electron chi connectivity index (χ3n) is 4.96. The van der Waals surface area contributed by atoms with Gasteiger partial charge in [-0.25, -0.2) is 0 Å². The Morgan fingerprint density at radius 1 is 1.04 bits per heavy atom. The highest BCUT2D eigenvalue weighted by Gasteiger charge is 2.12. The second kappa shape index (κ2) is 8.86. The van der Waals surface area contributed by atoms with Crippen LogP contribution >= 0.6 is 0 Å². The van der Waals surface area contributed by atoms with Crippen molar-refractivity contribution in [1.82, 2.24) is 10.2 Å². The molecule has 4 heteroatoms. The van der Waals surface area contributed by atoms with E-state index < -0.39 is 0 Å². The molecule has 1 aliphatic rings. The van der Waals surface area contributed by atoms with Crippen LogP contribution in [0.1, 0.15) is 39.9 Å². The second-order valence-corrected chi connectivity index (χ2v) is 7.03. The van der Waals surface area contributed by atoms with Gasteiger partial charge < -0.3 is 10.1 Å². The van der Waals surface area contributed by atoms with Gasteiger partial charge in [0.2, 0.25) is 0 Å². The Bertz CT molecular complexity index is 734. The number of amides is 1. The average Bonchev–Trinajstić information content (AvgIpc) is 3.15. The van der Waals surface area contributed by atoms with Gasteiger partial charge in [0.15, 0.2) is 0 Å². The van der Waals surface area contributed by atoms with Gasteiger partial charge in [-0.1, -0.05) is 18.2 Å². The minimum atomic E-state index is -0.0543. The molecule has 0 radical (unpaired) electrons. The van der Waals surface area contributed by atoms with E-state index in [1.165, 1.54) is 42.6 Å². The molecule has 0 aromatic heterocycles. The largest absolute Gasteiger partial charge is 0.492 e. The second-order valence-electron chi connectivity index (χ2n) is 7.03. The zero-order chi connectivity index (χ0) is 18.4.